The van der Waals surface area contributed by atoms with Crippen LogP contribution in [0.1, 0.15) is 44.9 Å². The molecule has 6 nitrogen and oxygen atoms in total. The van der Waals surface area contributed by atoms with Crippen molar-refractivity contribution in [1.82, 2.24) is 15.1 Å². The molecule has 1 spiro atoms. The number of carbonyl (C=O) groups excluding carboxylic acids is 3. The molecule has 1 N–H and O–H groups in total. The van der Waals surface area contributed by atoms with Crippen molar-refractivity contribution in [2.24, 2.45) is 17.3 Å². The zero-order chi connectivity index (χ0) is 16.7. The van der Waals surface area contributed by atoms with E-state index in [9.17, 15) is 14.4 Å². The number of rotatable bonds is 2. The Labute approximate surface area is 155 Å². The third-order valence-corrected chi connectivity index (χ3v) is 6.73. The van der Waals surface area contributed by atoms with Crippen LogP contribution in [0.2, 0.25) is 0 Å². The van der Waals surface area contributed by atoms with Gasteiger partial charge in [-0.15, -0.1) is 12.4 Å². The Bertz CT molecular complexity index is 528. The molecular formula is C18H28ClN3O3. The quantitative estimate of drug-likeness (QED) is 0.742. The second-order valence-corrected chi connectivity index (χ2v) is 8.07. The molecule has 0 aromatic carbocycles. The van der Waals surface area contributed by atoms with Crippen molar-refractivity contribution in [2.75, 3.05) is 32.7 Å². The molecule has 2 unspecified atom stereocenters. The average molecular weight is 370 g/mol. The summed E-state index contributed by atoms with van der Waals surface area (Å²) in [4.78, 5) is 40.7. The maximum atomic E-state index is 12.6. The van der Waals surface area contributed by atoms with Crippen molar-refractivity contribution in [2.45, 2.75) is 44.9 Å². The number of hydrogen-bond acceptors (Lipinski definition) is 4. The number of piperidine rings is 1. The average Bonchev–Trinajstić information content (AvgIpc) is 3.15. The minimum atomic E-state index is -0.159. The van der Waals surface area contributed by atoms with Crippen LogP contribution in [0, 0.1) is 17.3 Å². The number of likely N-dealkylation sites (tertiary alicyclic amines) is 2. The van der Waals surface area contributed by atoms with Gasteiger partial charge in [-0.05, 0) is 44.1 Å². The SMILES string of the molecule is Cl.O=C(CN1C(=O)C2CCCCC2C1=O)N1CCC2(CCNC2)CC1. The van der Waals surface area contributed by atoms with E-state index in [1.54, 1.807) is 0 Å². The summed E-state index contributed by atoms with van der Waals surface area (Å²) < 4.78 is 0. The number of hydrogen-bond donors (Lipinski definition) is 1. The molecule has 4 rings (SSSR count). The van der Waals surface area contributed by atoms with Crippen LogP contribution in [0.5, 0.6) is 0 Å². The number of halogens is 1. The van der Waals surface area contributed by atoms with Gasteiger partial charge in [0.1, 0.15) is 6.54 Å². The monoisotopic (exact) mass is 369 g/mol. The lowest BCUT2D eigenvalue weighted by atomic mass is 9.78. The minimum Gasteiger partial charge on any atom is -0.341 e. The highest BCUT2D eigenvalue weighted by Gasteiger charge is 2.49. The fourth-order valence-electron chi connectivity index (χ4n) is 5.07. The maximum Gasteiger partial charge on any atom is 0.242 e. The zero-order valence-electron chi connectivity index (χ0n) is 14.7. The van der Waals surface area contributed by atoms with E-state index in [0.29, 0.717) is 5.41 Å². The van der Waals surface area contributed by atoms with E-state index in [1.165, 1.54) is 11.3 Å². The van der Waals surface area contributed by atoms with Crippen molar-refractivity contribution >= 4 is 30.1 Å². The summed E-state index contributed by atoms with van der Waals surface area (Å²) in [5.41, 5.74) is 0.366. The zero-order valence-corrected chi connectivity index (χ0v) is 15.5. The van der Waals surface area contributed by atoms with Crippen LogP contribution in [0.15, 0.2) is 0 Å². The van der Waals surface area contributed by atoms with Gasteiger partial charge in [-0.1, -0.05) is 12.8 Å². The third-order valence-electron chi connectivity index (χ3n) is 6.73. The number of nitrogens with zero attached hydrogens (tertiary/aromatic N) is 2. The Morgan fingerprint density at radius 1 is 1.04 bits per heavy atom. The Hall–Kier alpha value is -1.14. The number of nitrogens with one attached hydrogen (secondary N) is 1. The van der Waals surface area contributed by atoms with Crippen molar-refractivity contribution in [3.8, 4) is 0 Å². The molecule has 0 aromatic heterocycles. The van der Waals surface area contributed by atoms with E-state index in [4.69, 9.17) is 0 Å². The molecule has 3 heterocycles. The van der Waals surface area contributed by atoms with Gasteiger partial charge in [0, 0.05) is 19.6 Å². The summed E-state index contributed by atoms with van der Waals surface area (Å²) in [6.45, 7) is 3.60. The Morgan fingerprint density at radius 3 is 2.16 bits per heavy atom. The van der Waals surface area contributed by atoms with E-state index in [0.717, 1.165) is 64.7 Å². The molecule has 1 saturated carbocycles. The van der Waals surface area contributed by atoms with Crippen LogP contribution in [-0.4, -0.2) is 60.2 Å². The van der Waals surface area contributed by atoms with Gasteiger partial charge in [-0.3, -0.25) is 19.3 Å². The highest BCUT2D eigenvalue weighted by molar-refractivity contribution is 6.07. The summed E-state index contributed by atoms with van der Waals surface area (Å²) in [5.74, 6) is -0.587. The molecule has 0 aromatic rings. The van der Waals surface area contributed by atoms with Crippen molar-refractivity contribution in [3.63, 3.8) is 0 Å². The smallest absolute Gasteiger partial charge is 0.242 e. The van der Waals surface area contributed by atoms with Crippen molar-refractivity contribution in [1.29, 1.82) is 0 Å². The topological polar surface area (TPSA) is 69.7 Å². The molecule has 0 bridgehead atoms. The predicted octanol–water partition coefficient (Wildman–Crippen LogP) is 1.19. The van der Waals surface area contributed by atoms with Crippen LogP contribution >= 0.6 is 12.4 Å². The molecule has 3 saturated heterocycles. The first-order valence-electron chi connectivity index (χ1n) is 9.43. The largest absolute Gasteiger partial charge is 0.341 e. The van der Waals surface area contributed by atoms with Gasteiger partial charge in [0.2, 0.25) is 17.7 Å². The van der Waals surface area contributed by atoms with E-state index < -0.39 is 0 Å². The minimum absolute atomic E-state index is 0. The summed E-state index contributed by atoms with van der Waals surface area (Å²) in [5, 5.41) is 3.42. The third kappa shape index (κ3) is 3.31. The first-order chi connectivity index (χ1) is 11.6. The number of imide groups is 1. The van der Waals surface area contributed by atoms with E-state index >= 15 is 0 Å². The van der Waals surface area contributed by atoms with Crippen LogP contribution in [0.3, 0.4) is 0 Å². The Balaban J connectivity index is 0.00000182. The number of carbonyl (C=O) groups is 3. The normalized spacial score (nSPS) is 31.2. The fraction of sp³-hybridized carbons (Fsp3) is 0.833. The lowest BCUT2D eigenvalue weighted by Crippen LogP contribution is -2.48. The Morgan fingerprint density at radius 2 is 1.64 bits per heavy atom. The van der Waals surface area contributed by atoms with Gasteiger partial charge < -0.3 is 10.2 Å². The molecule has 140 valence electrons. The molecule has 4 aliphatic rings. The predicted molar refractivity (Wildman–Crippen MR) is 95.1 cm³/mol. The molecule has 2 atom stereocenters. The number of fused-ring (bicyclic) bond motifs is 1. The second kappa shape index (κ2) is 7.23. The molecule has 7 heteroatoms. The summed E-state index contributed by atoms with van der Waals surface area (Å²) in [6, 6.07) is 0. The van der Waals surface area contributed by atoms with E-state index in [1.807, 2.05) is 4.90 Å². The molecule has 0 radical (unpaired) electrons. The Kier molecular flexibility index (Phi) is 5.40. The van der Waals surface area contributed by atoms with Gasteiger partial charge in [0.05, 0.1) is 11.8 Å². The van der Waals surface area contributed by atoms with E-state index in [-0.39, 0.29) is 48.5 Å². The molecule has 1 aliphatic carbocycles. The molecular weight excluding hydrogens is 342 g/mol. The second-order valence-electron chi connectivity index (χ2n) is 8.07. The lowest BCUT2D eigenvalue weighted by molar-refractivity contribution is -0.147. The van der Waals surface area contributed by atoms with E-state index in [2.05, 4.69) is 5.32 Å². The van der Waals surface area contributed by atoms with Gasteiger partial charge in [-0.25, -0.2) is 0 Å². The molecule has 4 fully saturated rings. The highest BCUT2D eigenvalue weighted by Crippen LogP contribution is 2.39. The number of amides is 3. The van der Waals surface area contributed by atoms with Crippen LogP contribution in [0.4, 0.5) is 0 Å². The van der Waals surface area contributed by atoms with Gasteiger partial charge in [0.25, 0.3) is 0 Å². The summed E-state index contributed by atoms with van der Waals surface area (Å²) in [6.07, 6.45) is 6.89. The fourth-order valence-corrected chi connectivity index (χ4v) is 5.07. The molecule has 3 aliphatic heterocycles. The van der Waals surface area contributed by atoms with Gasteiger partial charge in [0.15, 0.2) is 0 Å². The van der Waals surface area contributed by atoms with Crippen molar-refractivity contribution in [3.05, 3.63) is 0 Å². The lowest BCUT2D eigenvalue weighted by Gasteiger charge is -2.39. The van der Waals surface area contributed by atoms with Crippen LogP contribution in [0.25, 0.3) is 0 Å². The first kappa shape index (κ1) is 18.6. The first-order valence-corrected chi connectivity index (χ1v) is 9.43. The van der Waals surface area contributed by atoms with Gasteiger partial charge >= 0.3 is 0 Å². The van der Waals surface area contributed by atoms with Crippen LogP contribution in [-0.2, 0) is 14.4 Å². The standard InChI is InChI=1S/C18H27N3O3.ClH/c22-15(20-9-6-18(7-10-20)5-8-19-12-18)11-21-16(23)13-3-1-2-4-14(13)17(21)24;/h13-14,19H,1-12H2;1H. The summed E-state index contributed by atoms with van der Waals surface area (Å²) >= 11 is 0. The molecule has 25 heavy (non-hydrogen) atoms. The van der Waals surface area contributed by atoms with Crippen LogP contribution < -0.4 is 5.32 Å². The van der Waals surface area contributed by atoms with Gasteiger partial charge in [-0.2, -0.15) is 0 Å². The summed E-state index contributed by atoms with van der Waals surface area (Å²) in [7, 11) is 0. The molecule has 3 amide bonds. The maximum absolute atomic E-state index is 12.6. The van der Waals surface area contributed by atoms with Crippen molar-refractivity contribution < 1.29 is 14.4 Å². The highest BCUT2D eigenvalue weighted by atomic mass is 35.5.